The maximum atomic E-state index is 12.7. The molecule has 1 fully saturated rings. The van der Waals surface area contributed by atoms with Gasteiger partial charge in [0.2, 0.25) is 0 Å². The number of rotatable bonds is 5. The molecule has 28 heavy (non-hydrogen) atoms. The lowest BCUT2D eigenvalue weighted by Crippen LogP contribution is -2.43. The van der Waals surface area contributed by atoms with Crippen LogP contribution in [0.3, 0.4) is 0 Å². The van der Waals surface area contributed by atoms with Crippen LogP contribution < -0.4 is 10.2 Å². The van der Waals surface area contributed by atoms with Crippen LogP contribution in [0.4, 0.5) is 5.69 Å². The second-order valence-electron chi connectivity index (χ2n) is 7.10. The summed E-state index contributed by atoms with van der Waals surface area (Å²) in [6.45, 7) is 3.96. The van der Waals surface area contributed by atoms with Gasteiger partial charge >= 0.3 is 0 Å². The average Bonchev–Trinajstić information content (AvgIpc) is 2.76. The van der Waals surface area contributed by atoms with Crippen LogP contribution in [0.15, 0.2) is 72.8 Å². The zero-order valence-corrected chi connectivity index (χ0v) is 15.8. The number of phenols is 1. The Morgan fingerprint density at radius 2 is 1.64 bits per heavy atom. The number of aromatic hydroxyl groups is 1. The van der Waals surface area contributed by atoms with Crippen LogP contribution in [0.25, 0.3) is 11.1 Å². The first-order chi connectivity index (χ1) is 13.7. The molecule has 0 unspecified atom stereocenters. The number of hydrogen-bond donors (Lipinski definition) is 2. The molecule has 0 amide bonds. The minimum Gasteiger partial charge on any atom is -0.507 e. The number of ketones is 1. The van der Waals surface area contributed by atoms with E-state index in [1.807, 2.05) is 66.7 Å². The topological polar surface area (TPSA) is 52.6 Å². The highest BCUT2D eigenvalue weighted by atomic mass is 16.3. The highest BCUT2D eigenvalue weighted by molar-refractivity contribution is 5.98. The number of anilines is 1. The Morgan fingerprint density at radius 3 is 2.36 bits per heavy atom. The molecule has 0 aromatic heterocycles. The number of Topliss-reactive ketones (excluding diaryl/α,β-unsaturated/α-hetero) is 1. The molecule has 0 saturated carbocycles. The predicted molar refractivity (Wildman–Crippen MR) is 113 cm³/mol. The first-order valence-electron chi connectivity index (χ1n) is 9.67. The molecular formula is C24H24N2O2. The van der Waals surface area contributed by atoms with E-state index in [1.165, 1.54) is 0 Å². The first kappa shape index (κ1) is 18.3. The second-order valence-corrected chi connectivity index (χ2v) is 7.10. The standard InChI is InChI=1S/C24H24N2O2/c27-23-11-6-18(16-22(23)19-4-2-1-3-5-19)17-24(28)20-7-9-21(10-8-20)26-14-12-25-13-15-26/h1-11,16,25,27H,12-15,17H2. The summed E-state index contributed by atoms with van der Waals surface area (Å²) in [5.41, 5.74) is 4.46. The zero-order chi connectivity index (χ0) is 19.3. The average molecular weight is 372 g/mol. The number of nitrogens with zero attached hydrogens (tertiary/aromatic N) is 1. The first-order valence-corrected chi connectivity index (χ1v) is 9.67. The third kappa shape index (κ3) is 4.07. The van der Waals surface area contributed by atoms with Gasteiger partial charge in [-0.2, -0.15) is 0 Å². The zero-order valence-electron chi connectivity index (χ0n) is 15.8. The normalized spacial score (nSPS) is 14.1. The van der Waals surface area contributed by atoms with E-state index < -0.39 is 0 Å². The monoisotopic (exact) mass is 372 g/mol. The maximum Gasteiger partial charge on any atom is 0.167 e. The number of phenolic OH excluding ortho intramolecular Hbond substituents is 1. The van der Waals surface area contributed by atoms with Gasteiger partial charge in [-0.1, -0.05) is 36.4 Å². The Kier molecular flexibility index (Phi) is 5.40. The van der Waals surface area contributed by atoms with Crippen LogP contribution in [0.2, 0.25) is 0 Å². The molecule has 1 aliphatic heterocycles. The van der Waals surface area contributed by atoms with Crippen molar-refractivity contribution in [2.24, 2.45) is 0 Å². The summed E-state index contributed by atoms with van der Waals surface area (Å²) in [5.74, 6) is 0.305. The minimum atomic E-state index is 0.0802. The van der Waals surface area contributed by atoms with E-state index in [0.717, 1.165) is 48.6 Å². The fourth-order valence-electron chi connectivity index (χ4n) is 3.61. The van der Waals surface area contributed by atoms with Crippen molar-refractivity contribution in [2.45, 2.75) is 6.42 Å². The molecule has 2 N–H and O–H groups in total. The van der Waals surface area contributed by atoms with Crippen molar-refractivity contribution < 1.29 is 9.90 Å². The van der Waals surface area contributed by atoms with E-state index in [0.29, 0.717) is 12.0 Å². The molecule has 0 radical (unpaired) electrons. The lowest BCUT2D eigenvalue weighted by atomic mass is 9.97. The van der Waals surface area contributed by atoms with Crippen molar-refractivity contribution >= 4 is 11.5 Å². The quantitative estimate of drug-likeness (QED) is 0.667. The van der Waals surface area contributed by atoms with Gasteiger partial charge in [0, 0.05) is 49.4 Å². The van der Waals surface area contributed by atoms with Gasteiger partial charge in [0.15, 0.2) is 5.78 Å². The van der Waals surface area contributed by atoms with Gasteiger partial charge in [-0.05, 0) is 47.5 Å². The van der Waals surface area contributed by atoms with Gasteiger partial charge in [0.25, 0.3) is 0 Å². The van der Waals surface area contributed by atoms with Crippen LogP contribution in [-0.2, 0) is 6.42 Å². The van der Waals surface area contributed by atoms with E-state index >= 15 is 0 Å². The fraction of sp³-hybridized carbons (Fsp3) is 0.208. The summed E-state index contributed by atoms with van der Waals surface area (Å²) in [6, 6.07) is 23.0. The molecule has 1 heterocycles. The molecule has 1 saturated heterocycles. The van der Waals surface area contributed by atoms with Crippen LogP contribution >= 0.6 is 0 Å². The molecule has 0 bridgehead atoms. The van der Waals surface area contributed by atoms with E-state index in [2.05, 4.69) is 10.2 Å². The van der Waals surface area contributed by atoms with Crippen LogP contribution in [0, 0.1) is 0 Å². The highest BCUT2D eigenvalue weighted by Crippen LogP contribution is 2.30. The van der Waals surface area contributed by atoms with E-state index in [9.17, 15) is 9.90 Å². The third-order valence-corrected chi connectivity index (χ3v) is 5.18. The molecule has 0 atom stereocenters. The predicted octanol–water partition coefficient (Wildman–Crippen LogP) is 3.89. The Bertz CT molecular complexity index is 946. The summed E-state index contributed by atoms with van der Waals surface area (Å²) in [6.07, 6.45) is 0.313. The third-order valence-electron chi connectivity index (χ3n) is 5.18. The molecule has 1 aliphatic rings. The number of hydrogen-bond acceptors (Lipinski definition) is 4. The van der Waals surface area contributed by atoms with Gasteiger partial charge in [-0.25, -0.2) is 0 Å². The van der Waals surface area contributed by atoms with Gasteiger partial charge < -0.3 is 15.3 Å². The molecule has 4 nitrogen and oxygen atoms in total. The van der Waals surface area contributed by atoms with Gasteiger partial charge in [0.1, 0.15) is 5.75 Å². The molecule has 142 valence electrons. The van der Waals surface area contributed by atoms with Crippen molar-refractivity contribution in [3.05, 3.63) is 83.9 Å². The lowest BCUT2D eigenvalue weighted by molar-refractivity contribution is 0.0993. The van der Waals surface area contributed by atoms with E-state index in [1.54, 1.807) is 6.07 Å². The number of piperazine rings is 1. The molecule has 4 heteroatoms. The molecule has 0 spiro atoms. The second kappa shape index (κ2) is 8.28. The summed E-state index contributed by atoms with van der Waals surface area (Å²) in [7, 11) is 0. The van der Waals surface area contributed by atoms with Gasteiger partial charge in [0.05, 0.1) is 0 Å². The van der Waals surface area contributed by atoms with Crippen LogP contribution in [-0.4, -0.2) is 37.1 Å². The molecule has 3 aromatic carbocycles. The number of benzene rings is 3. The van der Waals surface area contributed by atoms with Gasteiger partial charge in [-0.15, -0.1) is 0 Å². The number of carbonyl (C=O) groups excluding carboxylic acids is 1. The largest absolute Gasteiger partial charge is 0.507 e. The smallest absolute Gasteiger partial charge is 0.167 e. The van der Waals surface area contributed by atoms with E-state index in [4.69, 9.17) is 0 Å². The number of carbonyl (C=O) groups is 1. The number of nitrogens with one attached hydrogen (secondary N) is 1. The van der Waals surface area contributed by atoms with Crippen molar-refractivity contribution in [1.29, 1.82) is 0 Å². The fourth-order valence-corrected chi connectivity index (χ4v) is 3.61. The van der Waals surface area contributed by atoms with Crippen LogP contribution in [0.5, 0.6) is 5.75 Å². The van der Waals surface area contributed by atoms with Crippen molar-refractivity contribution in [3.63, 3.8) is 0 Å². The van der Waals surface area contributed by atoms with Crippen molar-refractivity contribution in [2.75, 3.05) is 31.1 Å². The summed E-state index contributed by atoms with van der Waals surface area (Å²) >= 11 is 0. The Morgan fingerprint density at radius 1 is 0.929 bits per heavy atom. The lowest BCUT2D eigenvalue weighted by Gasteiger charge is -2.29. The molecular weight excluding hydrogens is 348 g/mol. The maximum absolute atomic E-state index is 12.7. The summed E-state index contributed by atoms with van der Waals surface area (Å²) in [4.78, 5) is 15.1. The Hall–Kier alpha value is -3.11. The highest BCUT2D eigenvalue weighted by Gasteiger charge is 2.13. The van der Waals surface area contributed by atoms with Gasteiger partial charge in [-0.3, -0.25) is 4.79 Å². The minimum absolute atomic E-state index is 0.0802. The molecule has 3 aromatic rings. The van der Waals surface area contributed by atoms with E-state index in [-0.39, 0.29) is 11.5 Å². The summed E-state index contributed by atoms with van der Waals surface area (Å²) < 4.78 is 0. The van der Waals surface area contributed by atoms with Crippen LogP contribution in [0.1, 0.15) is 15.9 Å². The van der Waals surface area contributed by atoms with Crippen molar-refractivity contribution in [1.82, 2.24) is 5.32 Å². The Labute approximate surface area is 165 Å². The SMILES string of the molecule is O=C(Cc1ccc(O)c(-c2ccccc2)c1)c1ccc(N2CCNCC2)cc1. The summed E-state index contributed by atoms with van der Waals surface area (Å²) in [5, 5.41) is 13.5. The van der Waals surface area contributed by atoms with Crippen molar-refractivity contribution in [3.8, 4) is 16.9 Å². The Balaban J connectivity index is 1.49. The molecule has 0 aliphatic carbocycles. The molecule has 4 rings (SSSR count).